The lowest BCUT2D eigenvalue weighted by Gasteiger charge is -2.25. The zero-order valence-electron chi connectivity index (χ0n) is 19.7. The van der Waals surface area contributed by atoms with Crippen LogP contribution in [0.15, 0.2) is 30.3 Å². The molecule has 6 nitrogen and oxygen atoms in total. The first kappa shape index (κ1) is 27.8. The van der Waals surface area contributed by atoms with E-state index in [-0.39, 0.29) is 10.9 Å². The molecule has 2 aromatic rings. The number of carbonyl (C=O) groups is 1. The van der Waals surface area contributed by atoms with Crippen molar-refractivity contribution < 1.29 is 31.1 Å². The monoisotopic (exact) mass is 520 g/mol. The van der Waals surface area contributed by atoms with Gasteiger partial charge in [-0.15, -0.1) is 0 Å². The van der Waals surface area contributed by atoms with Gasteiger partial charge in [-0.2, -0.15) is 13.2 Å². The van der Waals surface area contributed by atoms with Crippen molar-refractivity contribution >= 4 is 33.2 Å². The summed E-state index contributed by atoms with van der Waals surface area (Å²) in [6, 6.07) is 5.58. The van der Waals surface area contributed by atoms with E-state index in [4.69, 9.17) is 16.3 Å². The maximum Gasteiger partial charge on any atom is 0.416 e. The van der Waals surface area contributed by atoms with Crippen molar-refractivity contribution in [1.82, 2.24) is 5.32 Å². The van der Waals surface area contributed by atoms with Crippen LogP contribution in [-0.2, 0) is 21.0 Å². The second-order valence-corrected chi connectivity index (χ2v) is 10.6. The smallest absolute Gasteiger partial charge is 0.416 e. The second kappa shape index (κ2) is 10.4. The Morgan fingerprint density at radius 1 is 1.15 bits per heavy atom. The molecule has 0 heterocycles. The summed E-state index contributed by atoms with van der Waals surface area (Å²) in [4.78, 5) is 12.8. The molecule has 0 unspecified atom stereocenters. The molecule has 0 aliphatic rings. The van der Waals surface area contributed by atoms with Gasteiger partial charge in [0, 0.05) is 0 Å². The van der Waals surface area contributed by atoms with Crippen LogP contribution in [0.5, 0.6) is 5.75 Å². The summed E-state index contributed by atoms with van der Waals surface area (Å²) < 4.78 is 70.2. The number of sulfonamides is 1. The molecular weight excluding hydrogens is 493 g/mol. The van der Waals surface area contributed by atoms with Gasteiger partial charge >= 0.3 is 6.18 Å². The molecule has 0 aliphatic carbocycles. The number of hydrogen-bond donors (Lipinski definition) is 1. The first-order chi connectivity index (χ1) is 15.6. The number of ether oxygens (including phenoxy) is 1. The Morgan fingerprint density at radius 3 is 2.26 bits per heavy atom. The van der Waals surface area contributed by atoms with Gasteiger partial charge in [0.2, 0.25) is 15.9 Å². The number of halogens is 4. The van der Waals surface area contributed by atoms with Crippen LogP contribution in [0.25, 0.3) is 0 Å². The van der Waals surface area contributed by atoms with Crippen molar-refractivity contribution in [2.24, 2.45) is 0 Å². The molecule has 1 N–H and O–H groups in total. The van der Waals surface area contributed by atoms with E-state index in [1.54, 1.807) is 14.0 Å². The maximum atomic E-state index is 13.2. The summed E-state index contributed by atoms with van der Waals surface area (Å²) in [5, 5.41) is 2.50. The Bertz CT molecular complexity index is 1170. The molecule has 0 bridgehead atoms. The minimum atomic E-state index is -4.71. The maximum absolute atomic E-state index is 13.2. The molecule has 0 radical (unpaired) electrons. The van der Waals surface area contributed by atoms with Crippen molar-refractivity contribution in [2.45, 2.75) is 45.8 Å². The molecule has 0 aliphatic heterocycles. The van der Waals surface area contributed by atoms with E-state index in [0.717, 1.165) is 40.8 Å². The third-order valence-electron chi connectivity index (χ3n) is 5.31. The SMILES string of the molecule is COc1cc(C)c([C@H](C)NC(=O)CN(c2cc(C(F)(F)F)ccc2Cl)S(C)(=O)=O)cc1C(C)C. The van der Waals surface area contributed by atoms with Crippen molar-refractivity contribution in [3.8, 4) is 5.75 Å². The molecule has 0 fully saturated rings. The number of alkyl halides is 3. The van der Waals surface area contributed by atoms with Crippen LogP contribution in [0, 0.1) is 6.92 Å². The van der Waals surface area contributed by atoms with E-state index in [9.17, 15) is 26.4 Å². The zero-order valence-corrected chi connectivity index (χ0v) is 21.3. The first-order valence-electron chi connectivity index (χ1n) is 10.4. The molecular formula is C23H28ClF3N2O4S. The van der Waals surface area contributed by atoms with E-state index in [0.29, 0.717) is 10.4 Å². The highest BCUT2D eigenvalue weighted by atomic mass is 35.5. The number of methoxy groups -OCH3 is 1. The van der Waals surface area contributed by atoms with E-state index in [2.05, 4.69) is 5.32 Å². The van der Waals surface area contributed by atoms with Crippen molar-refractivity contribution in [3.05, 3.63) is 57.6 Å². The Hall–Kier alpha value is -2.46. The third kappa shape index (κ3) is 6.56. The summed E-state index contributed by atoms with van der Waals surface area (Å²) in [5.74, 6) is 0.172. The molecule has 2 aromatic carbocycles. The Labute approximate surface area is 203 Å². The number of anilines is 1. The summed E-state index contributed by atoms with van der Waals surface area (Å²) in [5.41, 5.74) is 1.10. The van der Waals surface area contributed by atoms with Crippen LogP contribution in [0.3, 0.4) is 0 Å². The Kier molecular flexibility index (Phi) is 8.53. The van der Waals surface area contributed by atoms with Crippen LogP contribution in [-0.4, -0.2) is 34.2 Å². The standard InChI is InChI=1S/C23H28ClF3N2O4S/c1-13(2)17-11-18(14(3)9-21(17)33-5)15(4)28-22(30)12-29(34(6,31)32)20-10-16(23(25,26)27)7-8-19(20)24/h7-11,13,15H,12H2,1-6H3,(H,28,30)/t15-/m0/s1. The quantitative estimate of drug-likeness (QED) is 0.502. The van der Waals surface area contributed by atoms with Crippen LogP contribution in [0.2, 0.25) is 5.02 Å². The fraction of sp³-hybridized carbons (Fsp3) is 0.435. The predicted octanol–water partition coefficient (Wildman–Crippen LogP) is 5.44. The van der Waals surface area contributed by atoms with Crippen LogP contribution in [0.4, 0.5) is 18.9 Å². The van der Waals surface area contributed by atoms with Gasteiger partial charge in [0.25, 0.3) is 0 Å². The summed E-state index contributed by atoms with van der Waals surface area (Å²) in [7, 11) is -2.56. The van der Waals surface area contributed by atoms with Crippen LogP contribution in [0.1, 0.15) is 55.0 Å². The van der Waals surface area contributed by atoms with Gasteiger partial charge < -0.3 is 10.1 Å². The second-order valence-electron chi connectivity index (χ2n) is 8.33. The van der Waals surface area contributed by atoms with Gasteiger partial charge in [-0.3, -0.25) is 9.10 Å². The molecule has 34 heavy (non-hydrogen) atoms. The predicted molar refractivity (Wildman–Crippen MR) is 127 cm³/mol. The van der Waals surface area contributed by atoms with E-state index in [1.165, 1.54) is 0 Å². The molecule has 188 valence electrons. The lowest BCUT2D eigenvalue weighted by molar-refractivity contribution is -0.137. The van der Waals surface area contributed by atoms with Gasteiger partial charge in [-0.1, -0.05) is 25.4 Å². The zero-order chi connectivity index (χ0) is 26.0. The van der Waals surface area contributed by atoms with Gasteiger partial charge in [-0.05, 0) is 66.8 Å². The summed E-state index contributed by atoms with van der Waals surface area (Å²) in [6.45, 7) is 6.86. The van der Waals surface area contributed by atoms with Crippen molar-refractivity contribution in [1.29, 1.82) is 0 Å². The number of nitrogens with one attached hydrogen (secondary N) is 1. The van der Waals surface area contributed by atoms with Crippen LogP contribution >= 0.6 is 11.6 Å². The van der Waals surface area contributed by atoms with Crippen molar-refractivity contribution in [2.75, 3.05) is 24.2 Å². The number of amides is 1. The molecule has 11 heteroatoms. The number of nitrogens with zero attached hydrogens (tertiary/aromatic N) is 1. The molecule has 2 rings (SSSR count). The molecule has 0 spiro atoms. The average molecular weight is 521 g/mol. The van der Waals surface area contributed by atoms with Gasteiger partial charge in [-0.25, -0.2) is 8.42 Å². The average Bonchev–Trinajstić information content (AvgIpc) is 2.70. The third-order valence-corrected chi connectivity index (χ3v) is 6.76. The lowest BCUT2D eigenvalue weighted by Crippen LogP contribution is -2.41. The number of benzene rings is 2. The largest absolute Gasteiger partial charge is 0.496 e. The number of carbonyl (C=O) groups excluding carboxylic acids is 1. The minimum absolute atomic E-state index is 0.154. The fourth-order valence-corrected chi connectivity index (χ4v) is 4.70. The minimum Gasteiger partial charge on any atom is -0.496 e. The highest BCUT2D eigenvalue weighted by Crippen LogP contribution is 2.36. The van der Waals surface area contributed by atoms with Gasteiger partial charge in [0.15, 0.2) is 0 Å². The fourth-order valence-electron chi connectivity index (χ4n) is 3.57. The molecule has 0 aromatic heterocycles. The highest BCUT2D eigenvalue weighted by molar-refractivity contribution is 7.92. The summed E-state index contributed by atoms with van der Waals surface area (Å²) in [6.07, 6.45) is -3.91. The molecule has 1 atom stereocenters. The number of hydrogen-bond acceptors (Lipinski definition) is 4. The number of rotatable bonds is 8. The van der Waals surface area contributed by atoms with E-state index >= 15 is 0 Å². The Balaban J connectivity index is 2.35. The van der Waals surface area contributed by atoms with E-state index in [1.807, 2.05) is 32.9 Å². The van der Waals surface area contributed by atoms with Crippen LogP contribution < -0.4 is 14.4 Å². The molecule has 1 amide bonds. The van der Waals surface area contributed by atoms with Gasteiger partial charge in [0.1, 0.15) is 12.3 Å². The topological polar surface area (TPSA) is 75.7 Å². The molecule has 0 saturated carbocycles. The van der Waals surface area contributed by atoms with Crippen molar-refractivity contribution in [3.63, 3.8) is 0 Å². The van der Waals surface area contributed by atoms with Gasteiger partial charge in [0.05, 0.1) is 35.7 Å². The van der Waals surface area contributed by atoms with E-state index < -0.39 is 45.9 Å². The highest BCUT2D eigenvalue weighted by Gasteiger charge is 2.33. The Morgan fingerprint density at radius 2 is 1.76 bits per heavy atom. The first-order valence-corrected chi connectivity index (χ1v) is 12.6. The number of aryl methyl sites for hydroxylation is 1. The lowest BCUT2D eigenvalue weighted by atomic mass is 9.93. The normalized spacial score (nSPS) is 13.0. The molecule has 0 saturated heterocycles. The summed E-state index contributed by atoms with van der Waals surface area (Å²) >= 11 is 6.01.